The maximum absolute atomic E-state index is 2.64. The smallest absolute Gasteiger partial charge is 0.157 e. The van der Waals surface area contributed by atoms with Gasteiger partial charge in [0.15, 0.2) is 22.0 Å². The Hall–Kier alpha value is 1.12. The maximum atomic E-state index is 2.64. The summed E-state index contributed by atoms with van der Waals surface area (Å²) in [5.41, 5.74) is 0. The second-order valence-electron chi connectivity index (χ2n) is 2.67. The first-order valence-electron chi connectivity index (χ1n) is 2.79. The van der Waals surface area contributed by atoms with Gasteiger partial charge in [0.1, 0.15) is 17.0 Å². The topological polar surface area (TPSA) is 3.24 Å². The van der Waals surface area contributed by atoms with E-state index in [4.69, 9.17) is 0 Å². The monoisotopic (exact) mass is 244 g/mol. The molecule has 1 aliphatic rings. The maximum Gasteiger partial charge on any atom is 0.157 e. The van der Waals surface area contributed by atoms with Crippen LogP contribution in [0, 0.1) is 0 Å². The molecule has 3 heteroatoms. The molecule has 0 saturated carbocycles. The van der Waals surface area contributed by atoms with Gasteiger partial charge in [0.25, 0.3) is 0 Å². The van der Waals surface area contributed by atoms with E-state index >= 15 is 0 Å². The number of rotatable bonds is 0. The first kappa shape index (κ1) is 7.23. The van der Waals surface area contributed by atoms with Gasteiger partial charge in [0, 0.05) is 0 Å². The molecule has 1 heterocycles. The standard InChI is InChI=1S/C5H12INP/c1-5-7(2)4-8(5,3)6/h5H,4H2,1-3H3/q+1. The van der Waals surface area contributed by atoms with Crippen molar-refractivity contribution in [2.75, 3.05) is 20.0 Å². The van der Waals surface area contributed by atoms with Gasteiger partial charge >= 0.3 is 0 Å². The molecule has 48 valence electrons. The minimum Gasteiger partial charge on any atom is -0.238 e. The fraction of sp³-hybridized carbons (Fsp3) is 1.00. The Labute approximate surface area is 64.6 Å². The lowest BCUT2D eigenvalue weighted by Gasteiger charge is -2.41. The van der Waals surface area contributed by atoms with Gasteiger partial charge in [-0.2, -0.15) is 0 Å². The largest absolute Gasteiger partial charge is 0.238 e. The first-order valence-corrected chi connectivity index (χ1v) is 8.07. The quantitative estimate of drug-likeness (QED) is 0.466. The van der Waals surface area contributed by atoms with Gasteiger partial charge in [-0.3, -0.25) is 0 Å². The van der Waals surface area contributed by atoms with Crippen LogP contribution in [0.5, 0.6) is 0 Å². The van der Waals surface area contributed by atoms with Crippen LogP contribution in [-0.4, -0.2) is 30.7 Å². The summed E-state index contributed by atoms with van der Waals surface area (Å²) in [5, 5.41) is 0. The van der Waals surface area contributed by atoms with Crippen molar-refractivity contribution in [2.24, 2.45) is 0 Å². The molecule has 0 aromatic carbocycles. The van der Waals surface area contributed by atoms with E-state index in [1.807, 2.05) is 0 Å². The minimum atomic E-state index is -0.467. The Balaban J connectivity index is 2.47. The fourth-order valence-electron chi connectivity index (χ4n) is 0.987. The molecule has 0 amide bonds. The average Bonchev–Trinajstić information content (AvgIpc) is 1.65. The molecule has 1 aliphatic heterocycles. The zero-order chi connectivity index (χ0) is 6.36. The fourth-order valence-corrected chi connectivity index (χ4v) is 5.68. The Kier molecular flexibility index (Phi) is 1.87. The Morgan fingerprint density at radius 2 is 2.25 bits per heavy atom. The van der Waals surface area contributed by atoms with Crippen LogP contribution >= 0.6 is 26.9 Å². The molecule has 1 fully saturated rings. The van der Waals surface area contributed by atoms with Crippen LogP contribution in [0.2, 0.25) is 0 Å². The van der Waals surface area contributed by atoms with Gasteiger partial charge in [-0.05, 0) is 14.0 Å². The number of nitrogens with zero attached hydrogens (tertiary/aromatic N) is 1. The highest BCUT2D eigenvalue weighted by Crippen LogP contribution is 2.74. The van der Waals surface area contributed by atoms with Gasteiger partial charge < -0.3 is 0 Å². The van der Waals surface area contributed by atoms with Crippen molar-refractivity contribution < 1.29 is 0 Å². The molecule has 0 bridgehead atoms. The van der Waals surface area contributed by atoms with Crippen LogP contribution in [0.15, 0.2) is 0 Å². The van der Waals surface area contributed by atoms with E-state index in [1.54, 1.807) is 0 Å². The normalized spacial score (nSPS) is 48.8. The van der Waals surface area contributed by atoms with Crippen LogP contribution in [-0.2, 0) is 0 Å². The van der Waals surface area contributed by atoms with Gasteiger partial charge in [-0.1, -0.05) is 0 Å². The lowest BCUT2D eigenvalue weighted by Crippen LogP contribution is -2.42. The van der Waals surface area contributed by atoms with Crippen molar-refractivity contribution in [3.8, 4) is 0 Å². The van der Waals surface area contributed by atoms with Crippen LogP contribution in [0.3, 0.4) is 0 Å². The summed E-state index contributed by atoms with van der Waals surface area (Å²) in [4.78, 5) is 1.95. The summed E-state index contributed by atoms with van der Waals surface area (Å²) in [6.07, 6.45) is 1.36. The SMILES string of the molecule is CC1N(C)C[P+]1(C)I. The first-order chi connectivity index (χ1) is 3.54. The van der Waals surface area contributed by atoms with Crippen LogP contribution in [0.25, 0.3) is 0 Å². The average molecular weight is 244 g/mol. The summed E-state index contributed by atoms with van der Waals surface area (Å²) in [6, 6.07) is 0. The molecule has 1 saturated heterocycles. The third-order valence-electron chi connectivity index (χ3n) is 1.92. The summed E-state index contributed by atoms with van der Waals surface area (Å²) in [7, 11) is 2.20. The second kappa shape index (κ2) is 2.06. The molecule has 0 spiro atoms. The molecule has 0 aromatic heterocycles. The molecule has 0 N–H and O–H groups in total. The number of halogens is 1. The lowest BCUT2D eigenvalue weighted by atomic mass is 10.6. The van der Waals surface area contributed by atoms with E-state index in [9.17, 15) is 0 Å². The van der Waals surface area contributed by atoms with Crippen LogP contribution in [0.4, 0.5) is 0 Å². The molecular formula is C5H12INP+. The van der Waals surface area contributed by atoms with Gasteiger partial charge in [-0.25, -0.2) is 4.90 Å². The Bertz CT molecular complexity index is 105. The zero-order valence-electron chi connectivity index (χ0n) is 5.56. The van der Waals surface area contributed by atoms with E-state index in [0.29, 0.717) is 0 Å². The zero-order valence-corrected chi connectivity index (χ0v) is 8.61. The van der Waals surface area contributed by atoms with Crippen molar-refractivity contribution in [2.45, 2.75) is 12.7 Å². The predicted octanol–water partition coefficient (Wildman–Crippen LogP) is 2.23. The highest BCUT2D eigenvalue weighted by molar-refractivity contribution is 14.2. The van der Waals surface area contributed by atoms with E-state index in [-0.39, 0.29) is 0 Å². The summed E-state index contributed by atoms with van der Waals surface area (Å²) < 4.78 is 0. The third-order valence-corrected chi connectivity index (χ3v) is 8.20. The number of hydrogen-bond donors (Lipinski definition) is 0. The van der Waals surface area contributed by atoms with E-state index in [2.05, 4.69) is 47.6 Å². The van der Waals surface area contributed by atoms with Crippen molar-refractivity contribution in [3.05, 3.63) is 0 Å². The molecule has 0 aromatic rings. The van der Waals surface area contributed by atoms with Crippen molar-refractivity contribution in [3.63, 3.8) is 0 Å². The van der Waals surface area contributed by atoms with Crippen LogP contribution in [0.1, 0.15) is 6.92 Å². The van der Waals surface area contributed by atoms with Crippen LogP contribution < -0.4 is 0 Å². The molecule has 2 atom stereocenters. The molecular weight excluding hydrogens is 232 g/mol. The molecule has 1 nitrogen and oxygen atoms in total. The van der Waals surface area contributed by atoms with Gasteiger partial charge in [0.2, 0.25) is 0 Å². The summed E-state index contributed by atoms with van der Waals surface area (Å²) >= 11 is 2.64. The molecule has 2 unspecified atom stereocenters. The Morgan fingerprint density at radius 3 is 2.25 bits per heavy atom. The van der Waals surface area contributed by atoms with Crippen molar-refractivity contribution in [1.29, 1.82) is 0 Å². The van der Waals surface area contributed by atoms with Crippen molar-refractivity contribution >= 4 is 26.9 Å². The van der Waals surface area contributed by atoms with Gasteiger partial charge in [-0.15, -0.1) is 0 Å². The Morgan fingerprint density at radius 1 is 1.75 bits per heavy atom. The predicted molar refractivity (Wildman–Crippen MR) is 49.0 cm³/mol. The minimum absolute atomic E-state index is 0.467. The molecule has 8 heavy (non-hydrogen) atoms. The summed E-state index contributed by atoms with van der Waals surface area (Å²) in [6.45, 7) is 4.74. The third kappa shape index (κ3) is 1.03. The van der Waals surface area contributed by atoms with E-state index in [0.717, 1.165) is 5.78 Å². The molecule has 1 rings (SSSR count). The highest BCUT2D eigenvalue weighted by atomic mass is 127. The molecule has 0 aliphatic carbocycles. The van der Waals surface area contributed by atoms with Gasteiger partial charge in [0.05, 0.1) is 6.66 Å². The molecule has 0 radical (unpaired) electrons. The lowest BCUT2D eigenvalue weighted by molar-refractivity contribution is 0.332. The van der Waals surface area contributed by atoms with Crippen molar-refractivity contribution in [1.82, 2.24) is 4.90 Å². The van der Waals surface area contributed by atoms with E-state index < -0.39 is 4.90 Å². The second-order valence-corrected chi connectivity index (χ2v) is 12.6. The van der Waals surface area contributed by atoms with E-state index in [1.165, 1.54) is 6.29 Å². The number of hydrogen-bond acceptors (Lipinski definition) is 1. The highest BCUT2D eigenvalue weighted by Gasteiger charge is 2.50. The summed E-state index contributed by atoms with van der Waals surface area (Å²) in [5.74, 6) is 0.878.